The van der Waals surface area contributed by atoms with Crippen LogP contribution in [0.1, 0.15) is 5.56 Å². The SMILES string of the molecule is N#CC(=CC=Cc1ccccc1)[N+](=O)[O-]. The molecule has 0 bridgehead atoms. The van der Waals surface area contributed by atoms with Gasteiger partial charge in [-0.05, 0) is 5.56 Å². The van der Waals surface area contributed by atoms with E-state index in [-0.39, 0.29) is 0 Å². The van der Waals surface area contributed by atoms with Crippen LogP contribution < -0.4 is 0 Å². The van der Waals surface area contributed by atoms with Crippen LogP contribution in [0.15, 0.2) is 48.2 Å². The summed E-state index contributed by atoms with van der Waals surface area (Å²) >= 11 is 0. The van der Waals surface area contributed by atoms with E-state index in [1.165, 1.54) is 18.2 Å². The van der Waals surface area contributed by atoms with Crippen molar-refractivity contribution in [3.63, 3.8) is 0 Å². The monoisotopic (exact) mass is 200 g/mol. The highest BCUT2D eigenvalue weighted by Gasteiger charge is 2.04. The van der Waals surface area contributed by atoms with Crippen LogP contribution >= 0.6 is 0 Å². The predicted molar refractivity (Wildman–Crippen MR) is 56.2 cm³/mol. The highest BCUT2D eigenvalue weighted by Crippen LogP contribution is 2.02. The quantitative estimate of drug-likeness (QED) is 0.325. The molecule has 1 rings (SSSR count). The average Bonchev–Trinajstić information content (AvgIpc) is 2.25. The van der Waals surface area contributed by atoms with Gasteiger partial charge in [0.2, 0.25) is 0 Å². The zero-order valence-corrected chi connectivity index (χ0v) is 7.83. The number of benzene rings is 1. The van der Waals surface area contributed by atoms with Gasteiger partial charge in [-0.1, -0.05) is 42.5 Å². The van der Waals surface area contributed by atoms with E-state index in [2.05, 4.69) is 0 Å². The number of nitriles is 1. The Labute approximate surface area is 86.9 Å². The molecule has 0 aliphatic carbocycles. The molecule has 0 aliphatic rings. The van der Waals surface area contributed by atoms with E-state index in [0.29, 0.717) is 0 Å². The molecular formula is C11H8N2O2. The molecule has 1 aromatic carbocycles. The molecule has 0 aromatic heterocycles. The van der Waals surface area contributed by atoms with Gasteiger partial charge in [-0.3, -0.25) is 10.1 Å². The van der Waals surface area contributed by atoms with Crippen molar-refractivity contribution in [2.75, 3.05) is 0 Å². The number of hydrogen-bond donors (Lipinski definition) is 0. The summed E-state index contributed by atoms with van der Waals surface area (Å²) in [5.74, 6) is 0. The molecule has 0 atom stereocenters. The van der Waals surface area contributed by atoms with Crippen molar-refractivity contribution >= 4 is 6.08 Å². The zero-order valence-electron chi connectivity index (χ0n) is 7.83. The summed E-state index contributed by atoms with van der Waals surface area (Å²) in [6, 6.07) is 10.8. The van der Waals surface area contributed by atoms with Crippen LogP contribution in [-0.2, 0) is 0 Å². The minimum atomic E-state index is -0.713. The maximum Gasteiger partial charge on any atom is 0.345 e. The fraction of sp³-hybridized carbons (Fsp3) is 0. The van der Waals surface area contributed by atoms with Crippen LogP contribution in [0, 0.1) is 21.4 Å². The topological polar surface area (TPSA) is 66.9 Å². The second-order valence-electron chi connectivity index (χ2n) is 2.69. The van der Waals surface area contributed by atoms with Gasteiger partial charge in [0.25, 0.3) is 0 Å². The standard InChI is InChI=1S/C11H8N2O2/c12-9-11(13(14)15)8-4-7-10-5-2-1-3-6-10/h1-8H. The summed E-state index contributed by atoms with van der Waals surface area (Å²) < 4.78 is 0. The van der Waals surface area contributed by atoms with E-state index in [9.17, 15) is 10.1 Å². The first-order valence-corrected chi connectivity index (χ1v) is 4.22. The summed E-state index contributed by atoms with van der Waals surface area (Å²) in [4.78, 5) is 9.54. The molecule has 0 aliphatic heterocycles. The fourth-order valence-corrected chi connectivity index (χ4v) is 0.953. The molecule has 0 saturated heterocycles. The van der Waals surface area contributed by atoms with Gasteiger partial charge in [0.15, 0.2) is 6.07 Å². The van der Waals surface area contributed by atoms with Crippen LogP contribution in [-0.4, -0.2) is 4.92 Å². The van der Waals surface area contributed by atoms with Crippen molar-refractivity contribution in [2.24, 2.45) is 0 Å². The van der Waals surface area contributed by atoms with Crippen molar-refractivity contribution < 1.29 is 4.92 Å². The van der Waals surface area contributed by atoms with Crippen molar-refractivity contribution in [2.45, 2.75) is 0 Å². The van der Waals surface area contributed by atoms with Gasteiger partial charge in [0, 0.05) is 6.08 Å². The molecular weight excluding hydrogens is 192 g/mol. The van der Waals surface area contributed by atoms with Crippen LogP contribution in [0.5, 0.6) is 0 Å². The summed E-state index contributed by atoms with van der Waals surface area (Å²) in [5, 5.41) is 18.7. The van der Waals surface area contributed by atoms with Gasteiger partial charge in [-0.15, -0.1) is 0 Å². The molecule has 0 unspecified atom stereocenters. The van der Waals surface area contributed by atoms with Crippen LogP contribution in [0.2, 0.25) is 0 Å². The summed E-state index contributed by atoms with van der Waals surface area (Å²) in [6.45, 7) is 0. The van der Waals surface area contributed by atoms with Gasteiger partial charge in [0.1, 0.15) is 0 Å². The van der Waals surface area contributed by atoms with Gasteiger partial charge in [-0.2, -0.15) is 5.26 Å². The van der Waals surface area contributed by atoms with Crippen LogP contribution in [0.25, 0.3) is 6.08 Å². The Hall–Kier alpha value is -2.41. The van der Waals surface area contributed by atoms with E-state index in [0.717, 1.165) is 5.56 Å². The second-order valence-corrected chi connectivity index (χ2v) is 2.69. The smallest absolute Gasteiger partial charge is 0.258 e. The summed E-state index contributed by atoms with van der Waals surface area (Å²) in [5.41, 5.74) is 0.455. The van der Waals surface area contributed by atoms with Crippen LogP contribution in [0.3, 0.4) is 0 Å². The third kappa shape index (κ3) is 3.44. The largest absolute Gasteiger partial charge is 0.345 e. The Morgan fingerprint density at radius 2 is 2.07 bits per heavy atom. The Morgan fingerprint density at radius 3 is 2.60 bits per heavy atom. The molecule has 15 heavy (non-hydrogen) atoms. The number of rotatable bonds is 3. The third-order valence-corrected chi connectivity index (χ3v) is 1.65. The van der Waals surface area contributed by atoms with E-state index < -0.39 is 10.6 Å². The van der Waals surface area contributed by atoms with Gasteiger partial charge in [-0.25, -0.2) is 0 Å². The van der Waals surface area contributed by atoms with Crippen molar-refractivity contribution in [1.82, 2.24) is 0 Å². The molecule has 74 valence electrons. The highest BCUT2D eigenvalue weighted by molar-refractivity contribution is 5.51. The van der Waals surface area contributed by atoms with E-state index in [1.807, 2.05) is 30.3 Å². The normalized spacial score (nSPS) is 11.3. The predicted octanol–water partition coefficient (Wildman–Crippen LogP) is 2.38. The summed E-state index contributed by atoms with van der Waals surface area (Å²) in [7, 11) is 0. The number of nitrogens with zero attached hydrogens (tertiary/aromatic N) is 2. The molecule has 0 spiro atoms. The Morgan fingerprint density at radius 1 is 1.40 bits per heavy atom. The maximum absolute atomic E-state index is 10.3. The average molecular weight is 200 g/mol. The number of allylic oxidation sites excluding steroid dienone is 3. The molecule has 0 N–H and O–H groups in total. The zero-order chi connectivity index (χ0) is 11.1. The van der Waals surface area contributed by atoms with Gasteiger partial charge >= 0.3 is 5.70 Å². The van der Waals surface area contributed by atoms with Gasteiger partial charge < -0.3 is 0 Å². The minimum absolute atomic E-state index is 0.470. The van der Waals surface area contributed by atoms with Gasteiger partial charge in [0.05, 0.1) is 4.92 Å². The lowest BCUT2D eigenvalue weighted by atomic mass is 10.2. The first kappa shape index (κ1) is 10.7. The van der Waals surface area contributed by atoms with Crippen LogP contribution in [0.4, 0.5) is 0 Å². The molecule has 1 aromatic rings. The maximum atomic E-state index is 10.3. The second kappa shape index (κ2) is 5.35. The van der Waals surface area contributed by atoms with Crippen molar-refractivity contribution in [3.05, 3.63) is 63.9 Å². The first-order valence-electron chi connectivity index (χ1n) is 4.22. The molecule has 4 nitrogen and oxygen atoms in total. The Balaban J connectivity index is 2.76. The molecule has 0 fully saturated rings. The van der Waals surface area contributed by atoms with Crippen molar-refractivity contribution in [1.29, 1.82) is 5.26 Å². The lowest BCUT2D eigenvalue weighted by Crippen LogP contribution is -1.94. The molecule has 0 saturated carbocycles. The Kier molecular flexibility index (Phi) is 3.80. The lowest BCUT2D eigenvalue weighted by Gasteiger charge is -1.88. The minimum Gasteiger partial charge on any atom is -0.258 e. The lowest BCUT2D eigenvalue weighted by molar-refractivity contribution is -0.417. The van der Waals surface area contributed by atoms with E-state index in [1.54, 1.807) is 6.08 Å². The third-order valence-electron chi connectivity index (χ3n) is 1.65. The molecule has 4 heteroatoms. The number of hydrogen-bond acceptors (Lipinski definition) is 3. The van der Waals surface area contributed by atoms with E-state index in [4.69, 9.17) is 5.26 Å². The number of nitro groups is 1. The van der Waals surface area contributed by atoms with Crippen molar-refractivity contribution in [3.8, 4) is 6.07 Å². The highest BCUT2D eigenvalue weighted by atomic mass is 16.6. The molecule has 0 radical (unpaired) electrons. The Bertz CT molecular complexity index is 441. The molecule has 0 amide bonds. The summed E-state index contributed by atoms with van der Waals surface area (Å²) in [6.07, 6.45) is 4.35. The van der Waals surface area contributed by atoms with E-state index >= 15 is 0 Å². The fourth-order valence-electron chi connectivity index (χ4n) is 0.953. The molecule has 0 heterocycles. The first-order chi connectivity index (χ1) is 7.24.